The van der Waals surface area contributed by atoms with Crippen LogP contribution in [0.3, 0.4) is 0 Å². The van der Waals surface area contributed by atoms with E-state index in [9.17, 15) is 34.5 Å². The third kappa shape index (κ3) is 49.6. The maximum absolute atomic E-state index is 13.2. The van der Waals surface area contributed by atoms with Gasteiger partial charge in [0, 0.05) is 19.3 Å². The molecule has 6 atom stereocenters. The lowest BCUT2D eigenvalue weighted by Gasteiger charge is -2.40. The van der Waals surface area contributed by atoms with Crippen molar-refractivity contribution in [3.63, 3.8) is 0 Å². The summed E-state index contributed by atoms with van der Waals surface area (Å²) in [5.74, 6) is -3.15. The van der Waals surface area contributed by atoms with Crippen molar-refractivity contribution in [2.24, 2.45) is 0 Å². The van der Waals surface area contributed by atoms with Gasteiger partial charge < -0.3 is 39.0 Å². The summed E-state index contributed by atoms with van der Waals surface area (Å²) >= 11 is 0. The molecule has 85 heavy (non-hydrogen) atoms. The van der Waals surface area contributed by atoms with Crippen LogP contribution in [-0.4, -0.2) is 89.2 Å². The molecular formula is C73H124O12. The van der Waals surface area contributed by atoms with E-state index in [1.165, 1.54) is 122 Å². The van der Waals surface area contributed by atoms with Crippen LogP contribution in [0.1, 0.15) is 303 Å². The number of hydrogen-bond donors (Lipinski definition) is 3. The highest BCUT2D eigenvalue weighted by Crippen LogP contribution is 2.27. The molecule has 0 spiro atoms. The van der Waals surface area contributed by atoms with E-state index >= 15 is 0 Å². The Bertz CT molecular complexity index is 1800. The Kier molecular flexibility index (Phi) is 55.9. The van der Waals surface area contributed by atoms with Crippen molar-refractivity contribution in [1.29, 1.82) is 0 Å². The van der Waals surface area contributed by atoms with Crippen LogP contribution in [0, 0.1) is 0 Å². The molecule has 0 saturated carbocycles. The molecule has 6 unspecified atom stereocenters. The first-order valence-electron chi connectivity index (χ1n) is 34.6. The summed E-state index contributed by atoms with van der Waals surface area (Å²) < 4.78 is 28.6. The Morgan fingerprint density at radius 2 is 0.741 bits per heavy atom. The van der Waals surface area contributed by atoms with Crippen LogP contribution in [0.15, 0.2) is 85.1 Å². The fourth-order valence-corrected chi connectivity index (χ4v) is 10.2. The number of allylic oxidation sites excluding steroid dienone is 14. The van der Waals surface area contributed by atoms with Crippen molar-refractivity contribution >= 4 is 23.9 Å². The molecule has 12 nitrogen and oxygen atoms in total. The molecular weight excluding hydrogens is 1070 g/mol. The number of aliphatic hydroxyl groups excluding tert-OH is 2. The monoisotopic (exact) mass is 1190 g/mol. The number of carbonyl (C=O) groups is 4. The maximum Gasteiger partial charge on any atom is 0.335 e. The summed E-state index contributed by atoms with van der Waals surface area (Å²) in [6.07, 6.45) is 66.8. The van der Waals surface area contributed by atoms with E-state index < -0.39 is 67.3 Å². The minimum atomic E-state index is -1.92. The van der Waals surface area contributed by atoms with Crippen LogP contribution in [0.25, 0.3) is 0 Å². The molecule has 1 saturated heterocycles. The predicted molar refractivity (Wildman–Crippen MR) is 349 cm³/mol. The average Bonchev–Trinajstić information content (AvgIpc) is 3.53. The second kappa shape index (κ2) is 60.2. The lowest BCUT2D eigenvalue weighted by atomic mass is 9.98. The van der Waals surface area contributed by atoms with Gasteiger partial charge in [-0.25, -0.2) is 4.79 Å². The molecule has 0 aromatic carbocycles. The van der Waals surface area contributed by atoms with E-state index in [2.05, 4.69) is 106 Å². The van der Waals surface area contributed by atoms with Gasteiger partial charge in [0.2, 0.25) is 0 Å². The minimum Gasteiger partial charge on any atom is -0.479 e. The number of hydrogen-bond acceptors (Lipinski definition) is 11. The van der Waals surface area contributed by atoms with Crippen LogP contribution in [0.2, 0.25) is 0 Å². The quantitative estimate of drug-likeness (QED) is 0.0228. The Morgan fingerprint density at radius 1 is 0.400 bits per heavy atom. The van der Waals surface area contributed by atoms with E-state index in [1.54, 1.807) is 0 Å². The molecule has 1 rings (SSSR count). The standard InChI is InChI=1S/C73H124O12/c1-4-7-10-13-16-19-22-25-28-31-33-36-38-41-44-47-50-53-56-59-65(74)81-62-64(83-66(75)60-57-54-51-48-45-42-39-35-30-27-24-21-18-15-12-9-6-3)63-82-73-71(69(78)68(77)70(85-73)72(79)80)84-67(76)61-58-55-52-49-46-43-40-37-34-32-29-26-23-20-17-14-11-8-5-2/h9,12,17-18,20-21,26-27,29-30,34,37,39,42,64,68-71,73,77-78H,4-8,10-11,13-16,19,22-25,28,31-33,35-36,38,40-41,43-63H2,1-3H3,(H,79,80)/b12-9-,20-17-,21-18-,29-26-,30-27-,37-34-,42-39-. The average molecular weight is 1190 g/mol. The molecule has 0 aromatic rings. The predicted octanol–water partition coefficient (Wildman–Crippen LogP) is 19.0. The number of rotatable bonds is 59. The number of carboxylic acid groups (broad SMARTS) is 1. The first-order valence-corrected chi connectivity index (χ1v) is 34.6. The van der Waals surface area contributed by atoms with Crippen molar-refractivity contribution < 1.29 is 58.2 Å². The van der Waals surface area contributed by atoms with Crippen molar-refractivity contribution in [3.8, 4) is 0 Å². The zero-order chi connectivity index (χ0) is 61.7. The Balaban J connectivity index is 2.66. The summed E-state index contributed by atoms with van der Waals surface area (Å²) in [6, 6.07) is 0. The van der Waals surface area contributed by atoms with Gasteiger partial charge in [0.25, 0.3) is 0 Å². The third-order valence-electron chi connectivity index (χ3n) is 15.5. The smallest absolute Gasteiger partial charge is 0.335 e. The van der Waals surface area contributed by atoms with Crippen molar-refractivity contribution in [3.05, 3.63) is 85.1 Å². The minimum absolute atomic E-state index is 0.0411. The first-order chi connectivity index (χ1) is 41.6. The Hall–Kier alpha value is -4.10. The zero-order valence-corrected chi connectivity index (χ0v) is 54.1. The number of unbranched alkanes of at least 4 members (excludes halogenated alkanes) is 31. The molecule has 0 bridgehead atoms. The van der Waals surface area contributed by atoms with Crippen LogP contribution in [0.5, 0.6) is 0 Å². The Morgan fingerprint density at radius 3 is 1.15 bits per heavy atom. The van der Waals surface area contributed by atoms with Gasteiger partial charge in [0.1, 0.15) is 18.8 Å². The molecule has 1 aliphatic heterocycles. The SMILES string of the molecule is CC/C=C\C/C=C\C/C=C\C/C=C\CCCCCCC(=O)OC(COC(=O)CCCCCCCCCCCCCCCCCCCCC)COC1OC(C(=O)O)C(O)C(O)C1OC(=O)CCCCCCCC/C=C\C/C=C\C/C=C\CCCCC. The van der Waals surface area contributed by atoms with E-state index in [0.717, 1.165) is 122 Å². The van der Waals surface area contributed by atoms with E-state index in [-0.39, 0.29) is 25.9 Å². The molecule has 1 heterocycles. The molecule has 3 N–H and O–H groups in total. The largest absolute Gasteiger partial charge is 0.479 e. The van der Waals surface area contributed by atoms with Gasteiger partial charge in [0.05, 0.1) is 6.61 Å². The maximum atomic E-state index is 13.2. The molecule has 0 aliphatic carbocycles. The van der Waals surface area contributed by atoms with Gasteiger partial charge in [0.15, 0.2) is 24.6 Å². The topological polar surface area (TPSA) is 175 Å². The van der Waals surface area contributed by atoms with Crippen molar-refractivity contribution in [2.75, 3.05) is 13.2 Å². The highest BCUT2D eigenvalue weighted by atomic mass is 16.7. The highest BCUT2D eigenvalue weighted by molar-refractivity contribution is 5.74. The van der Waals surface area contributed by atoms with Crippen molar-refractivity contribution in [1.82, 2.24) is 0 Å². The second-order valence-corrected chi connectivity index (χ2v) is 23.4. The van der Waals surface area contributed by atoms with Gasteiger partial charge in [-0.2, -0.15) is 0 Å². The summed E-state index contributed by atoms with van der Waals surface area (Å²) in [5, 5.41) is 31.7. The molecule has 488 valence electrons. The normalized spacial score (nSPS) is 18.0. The number of esters is 3. The van der Waals surface area contributed by atoms with Crippen LogP contribution >= 0.6 is 0 Å². The molecule has 1 fully saturated rings. The highest BCUT2D eigenvalue weighted by Gasteiger charge is 2.50. The molecule has 1 aliphatic rings. The van der Waals surface area contributed by atoms with Crippen LogP contribution < -0.4 is 0 Å². The first kappa shape index (κ1) is 78.9. The van der Waals surface area contributed by atoms with E-state index in [0.29, 0.717) is 19.3 Å². The van der Waals surface area contributed by atoms with E-state index in [1.807, 2.05) is 0 Å². The number of aliphatic carboxylic acids is 1. The molecule has 0 radical (unpaired) electrons. The van der Waals surface area contributed by atoms with Gasteiger partial charge in [-0.3, -0.25) is 14.4 Å². The van der Waals surface area contributed by atoms with Gasteiger partial charge in [-0.15, -0.1) is 0 Å². The van der Waals surface area contributed by atoms with Gasteiger partial charge >= 0.3 is 23.9 Å². The number of carboxylic acids is 1. The number of carbonyl (C=O) groups excluding carboxylic acids is 3. The molecule has 12 heteroatoms. The summed E-state index contributed by atoms with van der Waals surface area (Å²) in [4.78, 5) is 51.5. The number of aliphatic hydroxyl groups is 2. The second-order valence-electron chi connectivity index (χ2n) is 23.4. The van der Waals surface area contributed by atoms with E-state index in [4.69, 9.17) is 23.7 Å². The summed E-state index contributed by atoms with van der Waals surface area (Å²) in [5.41, 5.74) is 0. The lowest BCUT2D eigenvalue weighted by Crippen LogP contribution is -2.61. The number of ether oxygens (including phenoxy) is 5. The van der Waals surface area contributed by atoms with Crippen LogP contribution in [-0.2, 0) is 42.9 Å². The Labute approximate surface area is 518 Å². The third-order valence-corrected chi connectivity index (χ3v) is 15.5. The zero-order valence-electron chi connectivity index (χ0n) is 54.1. The van der Waals surface area contributed by atoms with Gasteiger partial charge in [-0.05, 0) is 96.3 Å². The molecule has 0 aromatic heterocycles. The molecule has 0 amide bonds. The van der Waals surface area contributed by atoms with Gasteiger partial charge in [-0.1, -0.05) is 273 Å². The fraction of sp³-hybridized carbons (Fsp3) is 0.753. The van der Waals surface area contributed by atoms with Crippen molar-refractivity contribution in [2.45, 2.75) is 340 Å². The summed E-state index contributed by atoms with van der Waals surface area (Å²) in [6.45, 7) is 5.88. The summed E-state index contributed by atoms with van der Waals surface area (Å²) in [7, 11) is 0. The fourth-order valence-electron chi connectivity index (χ4n) is 10.2. The van der Waals surface area contributed by atoms with Crippen LogP contribution in [0.4, 0.5) is 0 Å². The lowest BCUT2D eigenvalue weighted by molar-refractivity contribution is -0.301.